The van der Waals surface area contributed by atoms with Gasteiger partial charge in [-0.15, -0.1) is 0 Å². The number of benzene rings is 1. The maximum atomic E-state index is 5.54. The maximum Gasteiger partial charge on any atom is 0.0651 e. The summed E-state index contributed by atoms with van der Waals surface area (Å²) in [6.45, 7) is 7.33. The molecule has 1 atom stereocenters. The Labute approximate surface area is 127 Å². The van der Waals surface area contributed by atoms with Crippen LogP contribution in [0.15, 0.2) is 36.5 Å². The van der Waals surface area contributed by atoms with Crippen LogP contribution in [-0.4, -0.2) is 24.2 Å². The van der Waals surface area contributed by atoms with Gasteiger partial charge in [0.05, 0.1) is 17.3 Å². The van der Waals surface area contributed by atoms with Crippen LogP contribution in [0.3, 0.4) is 0 Å². The number of hydrogen-bond acceptors (Lipinski definition) is 3. The molecule has 0 radical (unpaired) electrons. The molecule has 0 saturated heterocycles. The molecule has 2 rings (SSSR count). The molecule has 0 aliphatic carbocycles. The second-order valence-corrected chi connectivity index (χ2v) is 6.03. The van der Waals surface area contributed by atoms with E-state index in [1.54, 1.807) is 7.11 Å². The summed E-state index contributed by atoms with van der Waals surface area (Å²) in [5, 5.41) is 6.05. The number of ether oxygens (including phenoxy) is 1. The zero-order valence-corrected chi connectivity index (χ0v) is 13.5. The number of methoxy groups -OCH3 is 1. The monoisotopic (exact) mass is 286 g/mol. The molecule has 3 heteroatoms. The van der Waals surface area contributed by atoms with Gasteiger partial charge in [-0.1, -0.05) is 31.2 Å². The van der Waals surface area contributed by atoms with E-state index in [2.05, 4.69) is 61.4 Å². The topological polar surface area (TPSA) is 34.1 Å². The number of rotatable bonds is 7. The van der Waals surface area contributed by atoms with E-state index in [4.69, 9.17) is 4.74 Å². The van der Waals surface area contributed by atoms with Crippen molar-refractivity contribution in [3.63, 3.8) is 0 Å². The van der Waals surface area contributed by atoms with E-state index >= 15 is 0 Å². The van der Waals surface area contributed by atoms with E-state index in [1.807, 2.05) is 6.20 Å². The smallest absolute Gasteiger partial charge is 0.0651 e. The molecule has 114 valence electrons. The fourth-order valence-corrected chi connectivity index (χ4v) is 2.60. The second kappa shape index (κ2) is 7.01. The summed E-state index contributed by atoms with van der Waals surface area (Å²) in [4.78, 5) is 4.65. The fourth-order valence-electron chi connectivity index (χ4n) is 2.60. The fraction of sp³-hybridized carbons (Fsp3) is 0.500. The summed E-state index contributed by atoms with van der Waals surface area (Å²) in [6, 6.07) is 10.8. The van der Waals surface area contributed by atoms with Gasteiger partial charge in [0.15, 0.2) is 0 Å². The number of aromatic nitrogens is 1. The summed E-state index contributed by atoms with van der Waals surface area (Å²) >= 11 is 0. The van der Waals surface area contributed by atoms with Crippen molar-refractivity contribution in [2.45, 2.75) is 45.3 Å². The molecule has 0 aliphatic heterocycles. The van der Waals surface area contributed by atoms with Crippen LogP contribution in [0.1, 0.15) is 45.3 Å². The van der Waals surface area contributed by atoms with Gasteiger partial charge in [0.2, 0.25) is 0 Å². The Morgan fingerprint density at radius 3 is 2.71 bits per heavy atom. The van der Waals surface area contributed by atoms with Gasteiger partial charge in [0.1, 0.15) is 0 Å². The molecule has 0 bridgehead atoms. The van der Waals surface area contributed by atoms with Crippen molar-refractivity contribution in [2.75, 3.05) is 13.7 Å². The molecule has 21 heavy (non-hydrogen) atoms. The minimum Gasteiger partial charge on any atom is -0.379 e. The zero-order valence-electron chi connectivity index (χ0n) is 13.5. The highest BCUT2D eigenvalue weighted by atomic mass is 16.5. The first-order valence-electron chi connectivity index (χ1n) is 7.69. The molecule has 0 fully saturated rings. The zero-order chi connectivity index (χ0) is 15.3. The summed E-state index contributed by atoms with van der Waals surface area (Å²) in [5.41, 5.74) is 1.04. The Morgan fingerprint density at radius 1 is 1.24 bits per heavy atom. The molecule has 2 aromatic rings. The minimum atomic E-state index is -0.0990. The normalized spacial score (nSPS) is 13.5. The van der Waals surface area contributed by atoms with Crippen molar-refractivity contribution >= 4 is 10.8 Å². The SMILES string of the molecule is CCNC(CCC(C)(C)OC)c1nccc2ccccc12. The van der Waals surface area contributed by atoms with Crippen LogP contribution in [0, 0.1) is 0 Å². The van der Waals surface area contributed by atoms with E-state index < -0.39 is 0 Å². The van der Waals surface area contributed by atoms with E-state index in [9.17, 15) is 0 Å². The summed E-state index contributed by atoms with van der Waals surface area (Å²) in [6.07, 6.45) is 3.91. The van der Waals surface area contributed by atoms with E-state index in [0.717, 1.165) is 25.1 Å². The Kier molecular flexibility index (Phi) is 5.32. The van der Waals surface area contributed by atoms with Crippen molar-refractivity contribution in [2.24, 2.45) is 0 Å². The average molecular weight is 286 g/mol. The number of nitrogens with one attached hydrogen (secondary N) is 1. The van der Waals surface area contributed by atoms with Crippen molar-refractivity contribution in [1.82, 2.24) is 10.3 Å². The summed E-state index contributed by atoms with van der Waals surface area (Å²) in [5.74, 6) is 0. The largest absolute Gasteiger partial charge is 0.379 e. The third-order valence-electron chi connectivity index (χ3n) is 4.07. The first-order chi connectivity index (χ1) is 10.1. The predicted molar refractivity (Wildman–Crippen MR) is 88.5 cm³/mol. The van der Waals surface area contributed by atoms with Crippen molar-refractivity contribution in [1.29, 1.82) is 0 Å². The van der Waals surface area contributed by atoms with Gasteiger partial charge < -0.3 is 10.1 Å². The van der Waals surface area contributed by atoms with Crippen LogP contribution in [-0.2, 0) is 4.74 Å². The van der Waals surface area contributed by atoms with Gasteiger partial charge in [-0.2, -0.15) is 0 Å². The van der Waals surface area contributed by atoms with Gasteiger partial charge in [-0.05, 0) is 44.7 Å². The lowest BCUT2D eigenvalue weighted by Gasteiger charge is -2.26. The average Bonchev–Trinajstić information content (AvgIpc) is 2.51. The van der Waals surface area contributed by atoms with Crippen LogP contribution >= 0.6 is 0 Å². The third-order valence-corrected chi connectivity index (χ3v) is 4.07. The quantitative estimate of drug-likeness (QED) is 0.832. The first-order valence-corrected chi connectivity index (χ1v) is 7.69. The lowest BCUT2D eigenvalue weighted by Crippen LogP contribution is -2.28. The summed E-state index contributed by atoms with van der Waals surface area (Å²) < 4.78 is 5.54. The number of nitrogens with zero attached hydrogens (tertiary/aromatic N) is 1. The van der Waals surface area contributed by atoms with E-state index in [0.29, 0.717) is 0 Å². The van der Waals surface area contributed by atoms with Crippen molar-refractivity contribution < 1.29 is 4.74 Å². The Balaban J connectivity index is 2.28. The predicted octanol–water partition coefficient (Wildman–Crippen LogP) is 4.09. The lowest BCUT2D eigenvalue weighted by molar-refractivity contribution is 0.0116. The molecule has 1 aromatic heterocycles. The molecule has 1 aromatic carbocycles. The molecule has 0 amide bonds. The molecule has 0 spiro atoms. The first kappa shape index (κ1) is 15.9. The molecule has 0 aliphatic rings. The molecule has 0 saturated carbocycles. The number of hydrogen-bond donors (Lipinski definition) is 1. The molecule has 1 N–H and O–H groups in total. The van der Waals surface area contributed by atoms with Crippen LogP contribution in [0.25, 0.3) is 10.8 Å². The van der Waals surface area contributed by atoms with E-state index in [-0.39, 0.29) is 11.6 Å². The molecule has 1 heterocycles. The standard InChI is InChI=1S/C18H26N2O/c1-5-19-16(10-12-18(2,3)21-4)17-15-9-7-6-8-14(15)11-13-20-17/h6-9,11,13,16,19H,5,10,12H2,1-4H3. The Morgan fingerprint density at radius 2 is 2.00 bits per heavy atom. The summed E-state index contributed by atoms with van der Waals surface area (Å²) in [7, 11) is 1.78. The van der Waals surface area contributed by atoms with Crippen molar-refractivity contribution in [3.05, 3.63) is 42.2 Å². The number of pyridine rings is 1. The van der Waals surface area contributed by atoms with Crippen LogP contribution < -0.4 is 5.32 Å². The van der Waals surface area contributed by atoms with Crippen molar-refractivity contribution in [3.8, 4) is 0 Å². The minimum absolute atomic E-state index is 0.0990. The second-order valence-electron chi connectivity index (χ2n) is 6.03. The molecule has 3 nitrogen and oxygen atoms in total. The van der Waals surface area contributed by atoms with E-state index in [1.165, 1.54) is 10.8 Å². The van der Waals surface area contributed by atoms with Gasteiger partial charge >= 0.3 is 0 Å². The molecular weight excluding hydrogens is 260 g/mol. The van der Waals surface area contributed by atoms with Crippen LogP contribution in [0.2, 0.25) is 0 Å². The van der Waals surface area contributed by atoms with Gasteiger partial charge in [0.25, 0.3) is 0 Å². The highest BCUT2D eigenvalue weighted by molar-refractivity contribution is 5.84. The highest BCUT2D eigenvalue weighted by Crippen LogP contribution is 2.28. The maximum absolute atomic E-state index is 5.54. The third kappa shape index (κ3) is 4.02. The van der Waals surface area contributed by atoms with Crippen LogP contribution in [0.4, 0.5) is 0 Å². The Bertz CT molecular complexity index is 575. The number of fused-ring (bicyclic) bond motifs is 1. The lowest BCUT2D eigenvalue weighted by atomic mass is 9.95. The van der Waals surface area contributed by atoms with Crippen LogP contribution in [0.5, 0.6) is 0 Å². The Hall–Kier alpha value is -1.45. The van der Waals surface area contributed by atoms with Gasteiger partial charge in [-0.25, -0.2) is 0 Å². The molecular formula is C18H26N2O. The highest BCUT2D eigenvalue weighted by Gasteiger charge is 2.21. The van der Waals surface area contributed by atoms with Gasteiger partial charge in [-0.3, -0.25) is 4.98 Å². The molecule has 1 unspecified atom stereocenters. The van der Waals surface area contributed by atoms with Gasteiger partial charge in [0, 0.05) is 18.7 Å².